The van der Waals surface area contributed by atoms with E-state index in [9.17, 15) is 18.3 Å². The number of nitrogens with zero attached hydrogens (tertiary/aromatic N) is 3. The number of carbonyl (C=O) groups is 1. The zero-order chi connectivity index (χ0) is 28.8. The number of sulfonamides is 1. The summed E-state index contributed by atoms with van der Waals surface area (Å²) in [5.74, 6) is -0.972. The Morgan fingerprint density at radius 3 is 2.33 bits per heavy atom. The number of carboxylic acids is 1. The molecule has 206 valence electrons. The van der Waals surface area contributed by atoms with Gasteiger partial charge < -0.3 is 19.9 Å². The van der Waals surface area contributed by atoms with Crippen molar-refractivity contribution >= 4 is 44.7 Å². The summed E-state index contributed by atoms with van der Waals surface area (Å²) >= 11 is 5.87. The lowest BCUT2D eigenvalue weighted by molar-refractivity contribution is 0.0697. The van der Waals surface area contributed by atoms with Gasteiger partial charge in [-0.2, -0.15) is 0 Å². The van der Waals surface area contributed by atoms with Gasteiger partial charge in [-0.1, -0.05) is 6.07 Å². The van der Waals surface area contributed by atoms with E-state index in [-0.39, 0.29) is 17.6 Å². The van der Waals surface area contributed by atoms with Gasteiger partial charge in [0.2, 0.25) is 10.0 Å². The van der Waals surface area contributed by atoms with Crippen molar-refractivity contribution in [2.75, 3.05) is 15.9 Å². The molecule has 5 rings (SSSR count). The Balaban J connectivity index is 1.63. The molecule has 3 N–H and O–H groups in total. The fourth-order valence-corrected chi connectivity index (χ4v) is 6.27. The normalized spacial score (nSPS) is 17.1. The minimum atomic E-state index is -3.43. The van der Waals surface area contributed by atoms with Crippen LogP contribution < -0.4 is 14.9 Å². The van der Waals surface area contributed by atoms with Gasteiger partial charge in [-0.15, -0.1) is 0 Å². The first-order valence-corrected chi connectivity index (χ1v) is 14.9. The third-order valence-corrected chi connectivity index (χ3v) is 7.95. The highest BCUT2D eigenvalue weighted by Gasteiger charge is 2.42. The maximum Gasteiger partial charge on any atom is 0.335 e. The molecule has 2 aromatic heterocycles. The number of benzene rings is 2. The van der Waals surface area contributed by atoms with Crippen LogP contribution in [0, 0.1) is 20.8 Å². The standard InChI is InChI=1S/C29H29N5O4S2/c1-17-15-22(12-13-24(17)32-40(4,37)38)34-27(26(31-29(34)39)25-7-5-6-14-30-25)23-16-18(2)33(19(23)3)21-10-8-20(9-11-21)28(35)36/h5-16,26-27,32H,1-4H3,(H,31,39)(H,35,36)/t26-,27+/m1/s1. The summed E-state index contributed by atoms with van der Waals surface area (Å²) in [6.45, 7) is 5.90. The van der Waals surface area contributed by atoms with Crippen molar-refractivity contribution in [3.8, 4) is 5.69 Å². The van der Waals surface area contributed by atoms with Crippen molar-refractivity contribution in [1.29, 1.82) is 0 Å². The number of aromatic nitrogens is 2. The van der Waals surface area contributed by atoms with E-state index < -0.39 is 16.0 Å². The van der Waals surface area contributed by atoms with Crippen LogP contribution in [0.1, 0.15) is 50.7 Å². The summed E-state index contributed by atoms with van der Waals surface area (Å²) in [6.07, 6.45) is 2.88. The van der Waals surface area contributed by atoms with Crippen molar-refractivity contribution in [2.45, 2.75) is 32.9 Å². The lowest BCUT2D eigenvalue weighted by Crippen LogP contribution is -2.29. The number of nitrogens with one attached hydrogen (secondary N) is 2. The van der Waals surface area contributed by atoms with Crippen LogP contribution in [-0.2, 0) is 10.0 Å². The van der Waals surface area contributed by atoms with Gasteiger partial charge in [-0.25, -0.2) is 13.2 Å². The topological polar surface area (TPSA) is 117 Å². The third kappa shape index (κ3) is 5.17. The highest BCUT2D eigenvalue weighted by Crippen LogP contribution is 2.44. The average Bonchev–Trinajstić information content (AvgIpc) is 3.40. The number of aryl methyl sites for hydroxylation is 2. The molecule has 0 saturated carbocycles. The number of carboxylic acid groups (broad SMARTS) is 1. The second kappa shape index (κ2) is 10.4. The van der Waals surface area contributed by atoms with Gasteiger partial charge in [-0.05, 0) is 105 Å². The molecule has 9 nitrogen and oxygen atoms in total. The number of thiocarbonyl (C=S) groups is 1. The molecule has 4 aromatic rings. The fourth-order valence-electron chi connectivity index (χ4n) is 5.30. The zero-order valence-corrected chi connectivity index (χ0v) is 24.0. The van der Waals surface area contributed by atoms with E-state index in [0.717, 1.165) is 45.8 Å². The number of aromatic carboxylic acids is 1. The predicted molar refractivity (Wildman–Crippen MR) is 160 cm³/mol. The molecule has 1 saturated heterocycles. The maximum absolute atomic E-state index is 11.8. The van der Waals surface area contributed by atoms with Gasteiger partial charge in [0.05, 0.1) is 35.3 Å². The molecule has 3 heterocycles. The molecule has 1 aliphatic heterocycles. The van der Waals surface area contributed by atoms with Gasteiger partial charge >= 0.3 is 5.97 Å². The van der Waals surface area contributed by atoms with E-state index in [1.54, 1.807) is 36.5 Å². The van der Waals surface area contributed by atoms with Crippen molar-refractivity contribution in [2.24, 2.45) is 0 Å². The summed E-state index contributed by atoms with van der Waals surface area (Å²) in [7, 11) is -3.43. The highest BCUT2D eigenvalue weighted by molar-refractivity contribution is 7.92. The molecular formula is C29H29N5O4S2. The molecule has 2 atom stereocenters. The molecule has 40 heavy (non-hydrogen) atoms. The quantitative estimate of drug-likeness (QED) is 0.262. The molecule has 0 radical (unpaired) electrons. The van der Waals surface area contributed by atoms with Crippen LogP contribution in [0.4, 0.5) is 11.4 Å². The maximum atomic E-state index is 11.8. The smallest absolute Gasteiger partial charge is 0.335 e. The van der Waals surface area contributed by atoms with E-state index in [1.807, 2.05) is 56.0 Å². The number of anilines is 2. The molecule has 1 fully saturated rings. The first kappa shape index (κ1) is 27.4. The Morgan fingerprint density at radius 2 is 1.73 bits per heavy atom. The Morgan fingerprint density at radius 1 is 1.02 bits per heavy atom. The highest BCUT2D eigenvalue weighted by atomic mass is 32.2. The first-order valence-electron chi connectivity index (χ1n) is 12.6. The fraction of sp³-hybridized carbons (Fsp3) is 0.207. The third-order valence-electron chi connectivity index (χ3n) is 7.04. The monoisotopic (exact) mass is 575 g/mol. The van der Waals surface area contributed by atoms with E-state index >= 15 is 0 Å². The number of hydrogen-bond donors (Lipinski definition) is 3. The number of pyridine rings is 1. The molecule has 0 bridgehead atoms. The summed E-state index contributed by atoms with van der Waals surface area (Å²) < 4.78 is 28.3. The van der Waals surface area contributed by atoms with Crippen LogP contribution in [0.25, 0.3) is 5.69 Å². The Kier molecular flexibility index (Phi) is 7.11. The molecular weight excluding hydrogens is 546 g/mol. The summed E-state index contributed by atoms with van der Waals surface area (Å²) in [5, 5.41) is 13.3. The van der Waals surface area contributed by atoms with Gasteiger partial charge in [0.15, 0.2) is 5.11 Å². The van der Waals surface area contributed by atoms with E-state index in [4.69, 9.17) is 12.2 Å². The lowest BCUT2D eigenvalue weighted by atomic mass is 9.96. The predicted octanol–water partition coefficient (Wildman–Crippen LogP) is 5.04. The molecule has 1 aliphatic rings. The van der Waals surface area contributed by atoms with Gasteiger partial charge in [0, 0.05) is 29.0 Å². The van der Waals surface area contributed by atoms with Gasteiger partial charge in [-0.3, -0.25) is 9.71 Å². The van der Waals surface area contributed by atoms with Gasteiger partial charge in [0.1, 0.15) is 0 Å². The summed E-state index contributed by atoms with van der Waals surface area (Å²) in [6, 6.07) is 19.7. The Bertz CT molecular complexity index is 1720. The van der Waals surface area contributed by atoms with Crippen molar-refractivity contribution in [3.05, 3.63) is 107 Å². The SMILES string of the molecule is Cc1cc(N2C(=S)N[C@H](c3ccccn3)[C@@H]2c2cc(C)n(-c3ccc(C(=O)O)cc3)c2C)ccc1NS(C)(=O)=O. The number of hydrogen-bond acceptors (Lipinski definition) is 5. The van der Waals surface area contributed by atoms with Crippen LogP contribution in [0.3, 0.4) is 0 Å². The van der Waals surface area contributed by atoms with E-state index in [2.05, 4.69) is 25.7 Å². The summed E-state index contributed by atoms with van der Waals surface area (Å²) in [5.41, 5.74) is 6.98. The van der Waals surface area contributed by atoms with Crippen molar-refractivity contribution in [3.63, 3.8) is 0 Å². The average molecular weight is 576 g/mol. The minimum absolute atomic E-state index is 0.224. The van der Waals surface area contributed by atoms with E-state index in [1.165, 1.54) is 0 Å². The first-order chi connectivity index (χ1) is 18.9. The largest absolute Gasteiger partial charge is 0.478 e. The summed E-state index contributed by atoms with van der Waals surface area (Å²) in [4.78, 5) is 18.0. The molecule has 0 spiro atoms. The molecule has 0 aliphatic carbocycles. The van der Waals surface area contributed by atoms with Gasteiger partial charge in [0.25, 0.3) is 0 Å². The molecule has 0 unspecified atom stereocenters. The lowest BCUT2D eigenvalue weighted by Gasteiger charge is -2.29. The molecule has 11 heteroatoms. The van der Waals surface area contributed by atoms with Crippen LogP contribution in [0.2, 0.25) is 0 Å². The second-order valence-electron chi connectivity index (χ2n) is 9.88. The van der Waals surface area contributed by atoms with Crippen LogP contribution in [0.15, 0.2) is 72.9 Å². The van der Waals surface area contributed by atoms with Crippen LogP contribution >= 0.6 is 12.2 Å². The Hall–Kier alpha value is -4.22. The zero-order valence-electron chi connectivity index (χ0n) is 22.4. The molecule has 2 aromatic carbocycles. The van der Waals surface area contributed by atoms with E-state index in [0.29, 0.717) is 10.8 Å². The second-order valence-corrected chi connectivity index (χ2v) is 12.0. The minimum Gasteiger partial charge on any atom is -0.478 e. The molecule has 0 amide bonds. The number of rotatable bonds is 7. The Labute approximate surface area is 238 Å². The van der Waals surface area contributed by atoms with Crippen molar-refractivity contribution < 1.29 is 18.3 Å². The van der Waals surface area contributed by atoms with Crippen LogP contribution in [-0.4, -0.2) is 40.4 Å². The van der Waals surface area contributed by atoms with Crippen LogP contribution in [0.5, 0.6) is 0 Å². The van der Waals surface area contributed by atoms with Crippen molar-refractivity contribution in [1.82, 2.24) is 14.9 Å².